The summed E-state index contributed by atoms with van der Waals surface area (Å²) in [4.78, 5) is 0. The number of benzene rings is 1. The van der Waals surface area contributed by atoms with Crippen molar-refractivity contribution in [1.29, 1.82) is 0 Å². The first-order valence-corrected chi connectivity index (χ1v) is 7.96. The largest absolute Gasteiger partial charge is 0.376 e. The maximum atomic E-state index is 6.03. The van der Waals surface area contributed by atoms with Crippen LogP contribution in [0.15, 0.2) is 24.3 Å². The highest BCUT2D eigenvalue weighted by Gasteiger charge is 2.41. The molecule has 1 saturated carbocycles. The van der Waals surface area contributed by atoms with Crippen LogP contribution in [0.4, 0.5) is 0 Å². The van der Waals surface area contributed by atoms with Crippen LogP contribution in [0, 0.1) is 5.92 Å². The molecule has 2 nitrogen and oxygen atoms in total. The van der Waals surface area contributed by atoms with Crippen LogP contribution in [0.1, 0.15) is 56.7 Å². The Bertz CT molecular complexity index is 404. The number of aryl methyl sites for hydroxylation is 1. The second-order valence-corrected chi connectivity index (χ2v) is 6.27. The van der Waals surface area contributed by atoms with Gasteiger partial charge in [0, 0.05) is 7.11 Å². The Morgan fingerprint density at radius 1 is 1.25 bits per heavy atom. The van der Waals surface area contributed by atoms with Gasteiger partial charge in [0.2, 0.25) is 0 Å². The van der Waals surface area contributed by atoms with Crippen molar-refractivity contribution in [3.8, 4) is 0 Å². The molecule has 0 aromatic heterocycles. The number of rotatable bonds is 5. The van der Waals surface area contributed by atoms with E-state index in [2.05, 4.69) is 50.5 Å². The van der Waals surface area contributed by atoms with Gasteiger partial charge in [-0.15, -0.1) is 0 Å². The highest BCUT2D eigenvalue weighted by molar-refractivity contribution is 5.27. The van der Waals surface area contributed by atoms with Crippen LogP contribution < -0.4 is 5.32 Å². The molecule has 0 saturated heterocycles. The van der Waals surface area contributed by atoms with E-state index in [9.17, 15) is 0 Å². The minimum absolute atomic E-state index is 0.0466. The van der Waals surface area contributed by atoms with Crippen molar-refractivity contribution in [2.45, 2.75) is 57.6 Å². The zero-order chi connectivity index (χ0) is 14.6. The molecule has 1 unspecified atom stereocenters. The van der Waals surface area contributed by atoms with E-state index >= 15 is 0 Å². The molecule has 1 fully saturated rings. The maximum absolute atomic E-state index is 6.03. The predicted molar refractivity (Wildman–Crippen MR) is 85.0 cm³/mol. The van der Waals surface area contributed by atoms with Gasteiger partial charge in [-0.2, -0.15) is 0 Å². The molecule has 0 heterocycles. The molecular weight excluding hydrogens is 246 g/mol. The number of nitrogens with one attached hydrogen (secondary N) is 1. The summed E-state index contributed by atoms with van der Waals surface area (Å²) >= 11 is 0. The Morgan fingerprint density at radius 2 is 1.85 bits per heavy atom. The lowest BCUT2D eigenvalue weighted by Crippen LogP contribution is -2.46. The molecule has 2 rings (SSSR count). The van der Waals surface area contributed by atoms with Crippen molar-refractivity contribution in [1.82, 2.24) is 5.32 Å². The van der Waals surface area contributed by atoms with Crippen molar-refractivity contribution in [3.05, 3.63) is 35.4 Å². The lowest BCUT2D eigenvalue weighted by molar-refractivity contribution is -0.0745. The Labute approximate surface area is 123 Å². The quantitative estimate of drug-likeness (QED) is 0.873. The van der Waals surface area contributed by atoms with Crippen molar-refractivity contribution in [2.75, 3.05) is 14.2 Å². The monoisotopic (exact) mass is 275 g/mol. The lowest BCUT2D eigenvalue weighted by Gasteiger charge is -2.44. The molecule has 1 aromatic rings. The maximum Gasteiger partial charge on any atom is 0.0872 e. The minimum atomic E-state index is -0.0466. The highest BCUT2D eigenvalue weighted by Crippen LogP contribution is 2.42. The third-order valence-electron chi connectivity index (χ3n) is 5.06. The van der Waals surface area contributed by atoms with Gasteiger partial charge < -0.3 is 10.1 Å². The van der Waals surface area contributed by atoms with E-state index in [0.717, 1.165) is 25.2 Å². The van der Waals surface area contributed by atoms with Gasteiger partial charge in [-0.1, -0.05) is 38.1 Å². The number of hydrogen-bond acceptors (Lipinski definition) is 2. The average molecular weight is 275 g/mol. The summed E-state index contributed by atoms with van der Waals surface area (Å²) in [6.07, 6.45) is 5.91. The molecule has 1 aromatic carbocycles. The Morgan fingerprint density at radius 3 is 2.30 bits per heavy atom. The van der Waals surface area contributed by atoms with Crippen molar-refractivity contribution >= 4 is 0 Å². The molecule has 1 aliphatic rings. The number of hydrogen-bond donors (Lipinski definition) is 1. The minimum Gasteiger partial charge on any atom is -0.376 e. The molecule has 0 bridgehead atoms. The van der Waals surface area contributed by atoms with E-state index in [4.69, 9.17) is 4.74 Å². The van der Waals surface area contributed by atoms with E-state index in [1.165, 1.54) is 24.0 Å². The molecular formula is C18H29NO. The summed E-state index contributed by atoms with van der Waals surface area (Å²) in [7, 11) is 3.93. The summed E-state index contributed by atoms with van der Waals surface area (Å²) in [5, 5.41) is 3.51. The zero-order valence-electron chi connectivity index (χ0n) is 13.4. The second-order valence-electron chi connectivity index (χ2n) is 6.27. The first-order valence-electron chi connectivity index (χ1n) is 7.96. The Balaban J connectivity index is 2.24. The first-order chi connectivity index (χ1) is 9.65. The fourth-order valence-electron chi connectivity index (χ4n) is 3.54. The second kappa shape index (κ2) is 6.73. The van der Waals surface area contributed by atoms with Gasteiger partial charge in [0.25, 0.3) is 0 Å². The fourth-order valence-corrected chi connectivity index (χ4v) is 3.54. The molecule has 1 N–H and O–H groups in total. The fraction of sp³-hybridized carbons (Fsp3) is 0.667. The van der Waals surface area contributed by atoms with Gasteiger partial charge in [0.15, 0.2) is 0 Å². The number of likely N-dealkylation sites (N-methyl/N-ethyl adjacent to an activating group) is 1. The Hall–Kier alpha value is -0.860. The summed E-state index contributed by atoms with van der Waals surface area (Å²) in [5.74, 6) is 0.832. The topological polar surface area (TPSA) is 21.3 Å². The SMILES string of the molecule is CCc1ccc(C(NC)C2(OC)CCC(C)CC2)cc1. The van der Waals surface area contributed by atoms with E-state index in [0.29, 0.717) is 0 Å². The first kappa shape index (κ1) is 15.5. The molecule has 0 radical (unpaired) electrons. The van der Waals surface area contributed by atoms with Gasteiger partial charge in [-0.25, -0.2) is 0 Å². The molecule has 2 heteroatoms. The zero-order valence-corrected chi connectivity index (χ0v) is 13.4. The van der Waals surface area contributed by atoms with Gasteiger partial charge in [-0.05, 0) is 56.2 Å². The van der Waals surface area contributed by atoms with Crippen LogP contribution in [0.2, 0.25) is 0 Å². The lowest BCUT2D eigenvalue weighted by atomic mass is 9.73. The van der Waals surface area contributed by atoms with Crippen molar-refractivity contribution in [3.63, 3.8) is 0 Å². The summed E-state index contributed by atoms with van der Waals surface area (Å²) in [5.41, 5.74) is 2.70. The standard InChI is InChI=1S/C18H29NO/c1-5-15-6-8-16(9-7-15)17(19-3)18(20-4)12-10-14(2)11-13-18/h6-9,14,17,19H,5,10-13H2,1-4H3. The van der Waals surface area contributed by atoms with Crippen LogP contribution in [0.25, 0.3) is 0 Å². The molecule has 1 aliphatic carbocycles. The van der Waals surface area contributed by atoms with Gasteiger partial charge in [0.1, 0.15) is 0 Å². The third-order valence-corrected chi connectivity index (χ3v) is 5.06. The molecule has 0 aliphatic heterocycles. The normalized spacial score (nSPS) is 28.3. The van der Waals surface area contributed by atoms with Crippen LogP contribution in [0.3, 0.4) is 0 Å². The smallest absolute Gasteiger partial charge is 0.0872 e. The number of methoxy groups -OCH3 is 1. The highest BCUT2D eigenvalue weighted by atomic mass is 16.5. The molecule has 0 amide bonds. The third kappa shape index (κ3) is 3.07. The van der Waals surface area contributed by atoms with E-state index in [1.54, 1.807) is 0 Å². The predicted octanol–water partition coefficient (Wildman–Crippen LogP) is 4.10. The van der Waals surface area contributed by atoms with Gasteiger partial charge >= 0.3 is 0 Å². The molecule has 1 atom stereocenters. The van der Waals surface area contributed by atoms with Crippen LogP contribution in [0.5, 0.6) is 0 Å². The van der Waals surface area contributed by atoms with E-state index in [-0.39, 0.29) is 11.6 Å². The van der Waals surface area contributed by atoms with Crippen molar-refractivity contribution < 1.29 is 4.74 Å². The van der Waals surface area contributed by atoms with Crippen LogP contribution >= 0.6 is 0 Å². The molecule has 112 valence electrons. The van der Waals surface area contributed by atoms with Crippen LogP contribution in [-0.4, -0.2) is 19.8 Å². The summed E-state index contributed by atoms with van der Waals surface area (Å²) in [6.45, 7) is 4.55. The molecule has 20 heavy (non-hydrogen) atoms. The average Bonchev–Trinajstić information content (AvgIpc) is 2.51. The number of ether oxygens (including phenoxy) is 1. The van der Waals surface area contributed by atoms with E-state index in [1.807, 2.05) is 7.11 Å². The van der Waals surface area contributed by atoms with E-state index < -0.39 is 0 Å². The Kier molecular flexibility index (Phi) is 5.22. The van der Waals surface area contributed by atoms with Crippen molar-refractivity contribution in [2.24, 2.45) is 5.92 Å². The van der Waals surface area contributed by atoms with Gasteiger partial charge in [0.05, 0.1) is 11.6 Å². The summed E-state index contributed by atoms with van der Waals surface area (Å²) < 4.78 is 6.03. The van der Waals surface area contributed by atoms with Crippen LogP contribution in [-0.2, 0) is 11.2 Å². The van der Waals surface area contributed by atoms with Gasteiger partial charge in [-0.3, -0.25) is 0 Å². The summed E-state index contributed by atoms with van der Waals surface area (Å²) in [6, 6.07) is 9.30. The molecule has 0 spiro atoms.